The van der Waals surface area contributed by atoms with Crippen LogP contribution in [0.5, 0.6) is 0 Å². The summed E-state index contributed by atoms with van der Waals surface area (Å²) in [7, 11) is 0. The van der Waals surface area contributed by atoms with Crippen LogP contribution in [0.1, 0.15) is 28.9 Å². The van der Waals surface area contributed by atoms with E-state index in [9.17, 15) is 22.8 Å². The Labute approximate surface area is 146 Å². The van der Waals surface area contributed by atoms with Crippen LogP contribution in [0.25, 0.3) is 5.69 Å². The highest BCUT2D eigenvalue weighted by molar-refractivity contribution is 5.92. The van der Waals surface area contributed by atoms with E-state index in [0.717, 1.165) is 16.8 Å². The van der Waals surface area contributed by atoms with Crippen LogP contribution in [0.2, 0.25) is 0 Å². The molecule has 0 atom stereocenters. The number of halogens is 3. The van der Waals surface area contributed by atoms with E-state index in [2.05, 4.69) is 10.3 Å². The summed E-state index contributed by atoms with van der Waals surface area (Å²) in [6.45, 7) is 0.728. The van der Waals surface area contributed by atoms with Gasteiger partial charge in [0.2, 0.25) is 5.91 Å². The molecular formula is C16H16F3N5O2. The number of hydrogen-bond acceptors (Lipinski definition) is 4. The molecule has 26 heavy (non-hydrogen) atoms. The highest BCUT2D eigenvalue weighted by atomic mass is 19.4. The summed E-state index contributed by atoms with van der Waals surface area (Å²) in [6.07, 6.45) is -2.23. The molecule has 1 aliphatic heterocycles. The van der Waals surface area contributed by atoms with E-state index in [1.807, 2.05) is 0 Å². The van der Waals surface area contributed by atoms with Gasteiger partial charge in [0.25, 0.3) is 5.91 Å². The zero-order chi connectivity index (χ0) is 18.9. The van der Waals surface area contributed by atoms with Gasteiger partial charge in [-0.2, -0.15) is 13.2 Å². The molecule has 2 N–H and O–H groups in total. The van der Waals surface area contributed by atoms with Gasteiger partial charge < -0.3 is 10.6 Å². The minimum atomic E-state index is -4.47. The molecule has 138 valence electrons. The summed E-state index contributed by atoms with van der Waals surface area (Å²) < 4.78 is 39.6. The summed E-state index contributed by atoms with van der Waals surface area (Å²) in [4.78, 5) is 25.2. The zero-order valence-electron chi connectivity index (χ0n) is 13.6. The molecule has 0 unspecified atom stereocenters. The lowest BCUT2D eigenvalue weighted by molar-refractivity contribution is -0.137. The summed E-state index contributed by atoms with van der Waals surface area (Å²) in [5, 5.41) is 7.51. The molecule has 1 aromatic carbocycles. The maximum absolute atomic E-state index is 12.8. The number of alkyl halides is 3. The molecule has 1 aliphatic rings. The highest BCUT2D eigenvalue weighted by Crippen LogP contribution is 2.30. The van der Waals surface area contributed by atoms with Crippen LogP contribution >= 0.6 is 0 Å². The molecule has 0 radical (unpaired) electrons. The van der Waals surface area contributed by atoms with Crippen LogP contribution < -0.4 is 5.73 Å². The quantitative estimate of drug-likeness (QED) is 0.892. The third-order valence-electron chi connectivity index (χ3n) is 4.34. The Morgan fingerprint density at radius 3 is 2.50 bits per heavy atom. The van der Waals surface area contributed by atoms with Crippen molar-refractivity contribution in [3.8, 4) is 5.69 Å². The van der Waals surface area contributed by atoms with E-state index in [0.29, 0.717) is 25.9 Å². The fourth-order valence-corrected chi connectivity index (χ4v) is 2.84. The fraction of sp³-hybridized carbons (Fsp3) is 0.375. The summed E-state index contributed by atoms with van der Waals surface area (Å²) >= 11 is 0. The number of hydrogen-bond donors (Lipinski definition) is 1. The standard InChI is InChI=1S/C16H16F3N5O2/c17-16(18,19)11-2-1-3-12(8-11)24-9-13(21-22-24)15(26)23-6-4-10(5-7-23)14(20)25/h1-3,8-10H,4-7H2,(H2,20,25). The number of nitrogens with two attached hydrogens (primary N) is 1. The van der Waals surface area contributed by atoms with Crippen molar-refractivity contribution in [1.29, 1.82) is 0 Å². The molecule has 7 nitrogen and oxygen atoms in total. The molecule has 0 bridgehead atoms. The number of nitrogens with zero attached hydrogens (tertiary/aromatic N) is 4. The average Bonchev–Trinajstić information content (AvgIpc) is 3.10. The SMILES string of the molecule is NC(=O)C1CCN(C(=O)c2cn(-c3cccc(C(F)(F)F)c3)nn2)CC1. The van der Waals surface area contributed by atoms with Crippen LogP contribution in [-0.2, 0) is 11.0 Å². The van der Waals surface area contributed by atoms with Crippen LogP contribution in [-0.4, -0.2) is 44.8 Å². The van der Waals surface area contributed by atoms with E-state index in [-0.39, 0.29) is 29.1 Å². The second-order valence-corrected chi connectivity index (χ2v) is 6.07. The molecule has 2 heterocycles. The molecule has 1 saturated heterocycles. The Bertz CT molecular complexity index is 825. The lowest BCUT2D eigenvalue weighted by Crippen LogP contribution is -2.41. The van der Waals surface area contributed by atoms with Crippen molar-refractivity contribution in [3.63, 3.8) is 0 Å². The molecule has 0 spiro atoms. The molecule has 2 aromatic rings. The lowest BCUT2D eigenvalue weighted by atomic mass is 9.96. The number of likely N-dealkylation sites (tertiary alicyclic amines) is 1. The fourth-order valence-electron chi connectivity index (χ4n) is 2.84. The molecular weight excluding hydrogens is 351 g/mol. The first-order chi connectivity index (χ1) is 12.3. The topological polar surface area (TPSA) is 94.1 Å². The van der Waals surface area contributed by atoms with Crippen molar-refractivity contribution in [2.45, 2.75) is 19.0 Å². The van der Waals surface area contributed by atoms with Crippen molar-refractivity contribution in [1.82, 2.24) is 19.9 Å². The van der Waals surface area contributed by atoms with Gasteiger partial charge in [0.15, 0.2) is 5.69 Å². The van der Waals surface area contributed by atoms with Crippen molar-refractivity contribution in [2.75, 3.05) is 13.1 Å². The van der Waals surface area contributed by atoms with Crippen LogP contribution in [0.4, 0.5) is 13.2 Å². The van der Waals surface area contributed by atoms with Gasteiger partial charge in [-0.1, -0.05) is 11.3 Å². The van der Waals surface area contributed by atoms with Gasteiger partial charge in [-0.25, -0.2) is 4.68 Å². The largest absolute Gasteiger partial charge is 0.416 e. The van der Waals surface area contributed by atoms with Crippen molar-refractivity contribution in [2.24, 2.45) is 11.7 Å². The number of piperidine rings is 1. The van der Waals surface area contributed by atoms with Crippen molar-refractivity contribution in [3.05, 3.63) is 41.7 Å². The van der Waals surface area contributed by atoms with Gasteiger partial charge in [-0.15, -0.1) is 5.10 Å². The van der Waals surface area contributed by atoms with Crippen LogP contribution in [0.15, 0.2) is 30.5 Å². The normalized spacial score (nSPS) is 15.9. The van der Waals surface area contributed by atoms with Crippen LogP contribution in [0, 0.1) is 5.92 Å². The molecule has 10 heteroatoms. The molecule has 3 rings (SSSR count). The second-order valence-electron chi connectivity index (χ2n) is 6.07. The van der Waals surface area contributed by atoms with Crippen LogP contribution in [0.3, 0.4) is 0 Å². The Morgan fingerprint density at radius 2 is 1.88 bits per heavy atom. The third kappa shape index (κ3) is 3.68. The van der Waals surface area contributed by atoms with Crippen molar-refractivity contribution < 1.29 is 22.8 Å². The highest BCUT2D eigenvalue weighted by Gasteiger charge is 2.31. The van der Waals surface area contributed by atoms with Gasteiger partial charge in [-0.05, 0) is 31.0 Å². The van der Waals surface area contributed by atoms with E-state index < -0.39 is 11.7 Å². The predicted octanol–water partition coefficient (Wildman–Crippen LogP) is 1.62. The first-order valence-corrected chi connectivity index (χ1v) is 7.94. The van der Waals surface area contributed by atoms with E-state index in [4.69, 9.17) is 5.73 Å². The zero-order valence-corrected chi connectivity index (χ0v) is 13.6. The predicted molar refractivity (Wildman–Crippen MR) is 84.2 cm³/mol. The maximum atomic E-state index is 12.8. The van der Waals surface area contributed by atoms with Gasteiger partial charge in [0.05, 0.1) is 17.4 Å². The van der Waals surface area contributed by atoms with Gasteiger partial charge in [-0.3, -0.25) is 9.59 Å². The number of rotatable bonds is 3. The summed E-state index contributed by atoms with van der Waals surface area (Å²) in [5.74, 6) is -1.02. The Morgan fingerprint density at radius 1 is 1.19 bits per heavy atom. The first-order valence-electron chi connectivity index (χ1n) is 7.94. The third-order valence-corrected chi connectivity index (χ3v) is 4.34. The monoisotopic (exact) mass is 367 g/mol. The molecule has 2 amide bonds. The summed E-state index contributed by atoms with van der Waals surface area (Å²) in [5.41, 5.74) is 4.63. The Hall–Kier alpha value is -2.91. The smallest absolute Gasteiger partial charge is 0.369 e. The first kappa shape index (κ1) is 17.9. The number of benzene rings is 1. The minimum absolute atomic E-state index is 0.0277. The molecule has 0 saturated carbocycles. The van der Waals surface area contributed by atoms with E-state index >= 15 is 0 Å². The van der Waals surface area contributed by atoms with Gasteiger partial charge in [0.1, 0.15) is 0 Å². The summed E-state index contributed by atoms with van der Waals surface area (Å²) in [6, 6.07) is 4.59. The minimum Gasteiger partial charge on any atom is -0.369 e. The number of carbonyl (C=O) groups excluding carboxylic acids is 2. The van der Waals surface area contributed by atoms with E-state index in [1.165, 1.54) is 23.2 Å². The number of amides is 2. The Balaban J connectivity index is 1.74. The van der Waals surface area contributed by atoms with Crippen molar-refractivity contribution >= 4 is 11.8 Å². The lowest BCUT2D eigenvalue weighted by Gasteiger charge is -2.29. The molecule has 1 aromatic heterocycles. The van der Waals surface area contributed by atoms with Gasteiger partial charge >= 0.3 is 6.18 Å². The number of carbonyl (C=O) groups is 2. The molecule has 0 aliphatic carbocycles. The second kappa shape index (κ2) is 6.77. The molecule has 1 fully saturated rings. The average molecular weight is 367 g/mol. The van der Waals surface area contributed by atoms with E-state index in [1.54, 1.807) is 0 Å². The maximum Gasteiger partial charge on any atom is 0.416 e. The Kier molecular flexibility index (Phi) is 4.66. The number of primary amides is 1. The van der Waals surface area contributed by atoms with Gasteiger partial charge in [0, 0.05) is 19.0 Å². The number of aromatic nitrogens is 3.